The molecule has 0 saturated carbocycles. The fraction of sp³-hybridized carbons (Fsp3) is 0.292. The minimum atomic E-state index is -1.82. The van der Waals surface area contributed by atoms with Crippen LogP contribution in [-0.4, -0.2) is 75.5 Å². The zero-order valence-electron chi connectivity index (χ0n) is 18.7. The van der Waals surface area contributed by atoms with E-state index in [0.29, 0.717) is 5.69 Å². The van der Waals surface area contributed by atoms with Gasteiger partial charge in [0.2, 0.25) is 11.7 Å². The molecule has 0 radical (unpaired) electrons. The van der Waals surface area contributed by atoms with Gasteiger partial charge in [-0.05, 0) is 29.3 Å². The van der Waals surface area contributed by atoms with Crippen molar-refractivity contribution in [2.24, 2.45) is 0 Å². The van der Waals surface area contributed by atoms with E-state index in [1.807, 2.05) is 42.5 Å². The van der Waals surface area contributed by atoms with E-state index in [1.54, 1.807) is 12.1 Å². The van der Waals surface area contributed by atoms with Gasteiger partial charge in [-0.1, -0.05) is 42.5 Å². The van der Waals surface area contributed by atoms with Crippen molar-refractivity contribution in [1.29, 1.82) is 0 Å². The van der Waals surface area contributed by atoms with Gasteiger partial charge in [-0.3, -0.25) is 10.1 Å². The maximum Gasteiger partial charge on any atom is 0.411 e. The topological polar surface area (TPSA) is 175 Å². The van der Waals surface area contributed by atoms with Gasteiger partial charge >= 0.3 is 12.1 Å². The molecule has 2 amide bonds. The van der Waals surface area contributed by atoms with Crippen LogP contribution in [-0.2, 0) is 19.1 Å². The number of carbonyl (C=O) groups is 3. The molecule has 0 bridgehead atoms. The van der Waals surface area contributed by atoms with Crippen LogP contribution in [0, 0.1) is 0 Å². The Morgan fingerprint density at radius 3 is 2.26 bits per heavy atom. The third kappa shape index (κ3) is 6.79. The molecular weight excluding hydrogens is 460 g/mol. The molecule has 11 heteroatoms. The van der Waals surface area contributed by atoms with Gasteiger partial charge in [0.15, 0.2) is 6.10 Å². The largest absolute Gasteiger partial charge is 0.478 e. The van der Waals surface area contributed by atoms with E-state index >= 15 is 0 Å². The predicted molar refractivity (Wildman–Crippen MR) is 123 cm³/mol. The number of anilines is 1. The second-order valence-electron chi connectivity index (χ2n) is 7.86. The van der Waals surface area contributed by atoms with Crippen LogP contribution in [0.1, 0.15) is 6.92 Å². The summed E-state index contributed by atoms with van der Waals surface area (Å²) in [6.45, 7) is 0.479. The number of aliphatic hydroxyl groups excluding tert-OH is 3. The standard InChI is InChI=1S/C24H26N2O9/c1-13(27)25-20-17(28)11-19(23(31)32)35-22(20)21(30)18(29)12-34-24(33)26-16-9-7-15(8-10-16)14-5-3-2-4-6-14/h2-11,17-18,20-22,28-30H,12H2,1H3,(H,25,27)(H,26,33)(H,31,32)/t17-,18+,20+,21+,22+/m0/s1. The Morgan fingerprint density at radius 1 is 1.03 bits per heavy atom. The van der Waals surface area contributed by atoms with Gasteiger partial charge in [-0.15, -0.1) is 0 Å². The van der Waals surface area contributed by atoms with Crippen molar-refractivity contribution in [3.63, 3.8) is 0 Å². The zero-order valence-corrected chi connectivity index (χ0v) is 18.7. The Hall–Kier alpha value is -3.93. The van der Waals surface area contributed by atoms with Gasteiger partial charge in [0.05, 0.1) is 6.04 Å². The van der Waals surface area contributed by atoms with Crippen molar-refractivity contribution in [2.45, 2.75) is 37.4 Å². The van der Waals surface area contributed by atoms with Crippen molar-refractivity contribution in [2.75, 3.05) is 11.9 Å². The van der Waals surface area contributed by atoms with E-state index in [-0.39, 0.29) is 0 Å². The maximum atomic E-state index is 12.1. The van der Waals surface area contributed by atoms with E-state index in [0.717, 1.165) is 24.1 Å². The summed E-state index contributed by atoms with van der Waals surface area (Å²) >= 11 is 0. The molecular formula is C24H26N2O9. The number of hydrogen-bond donors (Lipinski definition) is 6. The van der Waals surface area contributed by atoms with Crippen molar-refractivity contribution in [3.05, 3.63) is 66.4 Å². The van der Waals surface area contributed by atoms with Crippen LogP contribution >= 0.6 is 0 Å². The van der Waals surface area contributed by atoms with Crippen molar-refractivity contribution in [1.82, 2.24) is 5.32 Å². The van der Waals surface area contributed by atoms with Gasteiger partial charge < -0.3 is 35.2 Å². The average Bonchev–Trinajstić information content (AvgIpc) is 2.83. The van der Waals surface area contributed by atoms with E-state index in [1.165, 1.54) is 0 Å². The minimum absolute atomic E-state index is 0.436. The second kappa shape index (κ2) is 11.5. The molecule has 6 N–H and O–H groups in total. The van der Waals surface area contributed by atoms with E-state index < -0.39 is 60.8 Å². The molecule has 2 aromatic rings. The normalized spacial score (nSPS) is 21.0. The Bertz CT molecular complexity index is 1070. The molecule has 0 fully saturated rings. The van der Waals surface area contributed by atoms with Crippen LogP contribution in [0.25, 0.3) is 11.1 Å². The highest BCUT2D eigenvalue weighted by Crippen LogP contribution is 2.24. The van der Waals surface area contributed by atoms with Crippen LogP contribution in [0.5, 0.6) is 0 Å². The van der Waals surface area contributed by atoms with Crippen LogP contribution in [0.2, 0.25) is 0 Å². The van der Waals surface area contributed by atoms with Crippen LogP contribution in [0.3, 0.4) is 0 Å². The lowest BCUT2D eigenvalue weighted by Gasteiger charge is -2.38. The number of ether oxygens (including phenoxy) is 2. The van der Waals surface area contributed by atoms with Crippen molar-refractivity contribution < 1.29 is 44.3 Å². The summed E-state index contributed by atoms with van der Waals surface area (Å²) < 4.78 is 10.1. The SMILES string of the molecule is CC(=O)N[C@H]1[C@H]([C@H](O)[C@H](O)COC(=O)Nc2ccc(-c3ccccc3)cc2)OC(C(=O)O)=C[C@@H]1O. The fourth-order valence-electron chi connectivity index (χ4n) is 3.53. The Morgan fingerprint density at radius 2 is 1.66 bits per heavy atom. The fourth-order valence-corrected chi connectivity index (χ4v) is 3.53. The minimum Gasteiger partial charge on any atom is -0.478 e. The number of amides is 2. The Labute approximate surface area is 200 Å². The lowest BCUT2D eigenvalue weighted by atomic mass is 9.94. The molecule has 5 atom stereocenters. The highest BCUT2D eigenvalue weighted by molar-refractivity contribution is 5.85. The number of aliphatic carboxylic acids is 1. The van der Waals surface area contributed by atoms with E-state index in [2.05, 4.69) is 10.6 Å². The van der Waals surface area contributed by atoms with Gasteiger partial charge in [0.25, 0.3) is 0 Å². The highest BCUT2D eigenvalue weighted by Gasteiger charge is 2.43. The molecule has 0 unspecified atom stereocenters. The summed E-state index contributed by atoms with van der Waals surface area (Å²) in [5.41, 5.74) is 2.39. The number of hydrogen-bond acceptors (Lipinski definition) is 8. The van der Waals surface area contributed by atoms with Crippen molar-refractivity contribution >= 4 is 23.7 Å². The molecule has 186 valence electrons. The maximum absolute atomic E-state index is 12.1. The lowest BCUT2D eigenvalue weighted by Crippen LogP contribution is -2.60. The quantitative estimate of drug-likeness (QED) is 0.316. The van der Waals surface area contributed by atoms with E-state index in [4.69, 9.17) is 14.6 Å². The van der Waals surface area contributed by atoms with Crippen LogP contribution < -0.4 is 10.6 Å². The number of carboxylic acids is 1. The molecule has 0 aromatic heterocycles. The van der Waals surface area contributed by atoms with Gasteiger partial charge in [0, 0.05) is 12.6 Å². The molecule has 35 heavy (non-hydrogen) atoms. The number of nitrogens with one attached hydrogen (secondary N) is 2. The smallest absolute Gasteiger partial charge is 0.411 e. The molecule has 0 aliphatic carbocycles. The molecule has 1 aliphatic heterocycles. The first-order chi connectivity index (χ1) is 16.7. The Balaban J connectivity index is 1.57. The monoisotopic (exact) mass is 486 g/mol. The van der Waals surface area contributed by atoms with Gasteiger partial charge in [-0.25, -0.2) is 9.59 Å². The molecule has 11 nitrogen and oxygen atoms in total. The molecule has 0 spiro atoms. The van der Waals surface area contributed by atoms with Crippen LogP contribution in [0.15, 0.2) is 66.4 Å². The number of carboxylic acid groups (broad SMARTS) is 1. The first-order valence-electron chi connectivity index (χ1n) is 10.7. The van der Waals surface area contributed by atoms with Gasteiger partial charge in [-0.2, -0.15) is 0 Å². The molecule has 1 heterocycles. The zero-order chi connectivity index (χ0) is 25.5. The number of rotatable bonds is 8. The molecule has 1 aliphatic rings. The third-order valence-electron chi connectivity index (χ3n) is 5.24. The summed E-state index contributed by atoms with van der Waals surface area (Å²) in [5, 5.41) is 45.0. The molecule has 3 rings (SSSR count). The predicted octanol–water partition coefficient (Wildman–Crippen LogP) is 0.857. The second-order valence-corrected chi connectivity index (χ2v) is 7.86. The van der Waals surface area contributed by atoms with Crippen molar-refractivity contribution in [3.8, 4) is 11.1 Å². The Kier molecular flexibility index (Phi) is 8.42. The number of aliphatic hydroxyl groups is 3. The third-order valence-corrected chi connectivity index (χ3v) is 5.24. The lowest BCUT2D eigenvalue weighted by molar-refractivity contribution is -0.149. The average molecular weight is 486 g/mol. The molecule has 0 saturated heterocycles. The van der Waals surface area contributed by atoms with E-state index in [9.17, 15) is 29.7 Å². The number of benzene rings is 2. The first-order valence-corrected chi connectivity index (χ1v) is 10.7. The first kappa shape index (κ1) is 25.7. The molecule has 2 aromatic carbocycles. The summed E-state index contributed by atoms with van der Waals surface area (Å²) in [6, 6.07) is 15.3. The highest BCUT2D eigenvalue weighted by atomic mass is 16.6. The van der Waals surface area contributed by atoms with Gasteiger partial charge in [0.1, 0.15) is 24.9 Å². The summed E-state index contributed by atoms with van der Waals surface area (Å²) in [5.74, 6) is -2.75. The summed E-state index contributed by atoms with van der Waals surface area (Å²) in [7, 11) is 0. The van der Waals surface area contributed by atoms with Crippen LogP contribution in [0.4, 0.5) is 10.5 Å². The number of carbonyl (C=O) groups excluding carboxylic acids is 2. The summed E-state index contributed by atoms with van der Waals surface area (Å²) in [4.78, 5) is 34.8. The summed E-state index contributed by atoms with van der Waals surface area (Å²) in [6.07, 6.45) is -6.61.